The largest absolute Gasteiger partial charge is 0.467 e. The predicted molar refractivity (Wildman–Crippen MR) is 134 cm³/mol. The number of benzene rings is 2. The molecule has 1 N–H and O–H groups in total. The predicted octanol–water partition coefficient (Wildman–Crippen LogP) is 3.93. The minimum atomic E-state index is -0.980. The SMILES string of the molecule is Cc1ccc(-c2nnn(CC(=O)N(Cc3ccccc3)C(C(=O)NC(C)(C)C)c3ccco3)n2)cc1. The number of rotatable bonds is 8. The molecular weight excluding hydrogens is 456 g/mol. The Balaban J connectivity index is 1.64. The normalized spacial score (nSPS) is 12.2. The van der Waals surface area contributed by atoms with Gasteiger partial charge in [-0.2, -0.15) is 4.80 Å². The molecule has 186 valence electrons. The van der Waals surface area contributed by atoms with Crippen LogP contribution >= 0.6 is 0 Å². The molecular formula is C27H30N6O3. The molecule has 2 aromatic heterocycles. The van der Waals surface area contributed by atoms with Crippen LogP contribution in [0.2, 0.25) is 0 Å². The number of hydrogen-bond acceptors (Lipinski definition) is 6. The lowest BCUT2D eigenvalue weighted by Gasteiger charge is -2.32. The molecule has 4 aromatic rings. The molecule has 0 aliphatic heterocycles. The quantitative estimate of drug-likeness (QED) is 0.405. The van der Waals surface area contributed by atoms with Crippen molar-refractivity contribution in [1.82, 2.24) is 30.4 Å². The number of furan rings is 1. The van der Waals surface area contributed by atoms with Crippen LogP contribution in [-0.4, -0.2) is 42.5 Å². The lowest BCUT2D eigenvalue weighted by atomic mass is 10.1. The minimum absolute atomic E-state index is 0.189. The number of aryl methyl sites for hydroxylation is 1. The van der Waals surface area contributed by atoms with Gasteiger partial charge in [0.05, 0.1) is 6.26 Å². The molecule has 0 spiro atoms. The van der Waals surface area contributed by atoms with Crippen molar-refractivity contribution in [2.24, 2.45) is 0 Å². The summed E-state index contributed by atoms with van der Waals surface area (Å²) in [5, 5.41) is 15.5. The second kappa shape index (κ2) is 10.6. The molecule has 1 unspecified atom stereocenters. The van der Waals surface area contributed by atoms with E-state index in [-0.39, 0.29) is 24.9 Å². The molecule has 9 heteroatoms. The van der Waals surface area contributed by atoms with Crippen molar-refractivity contribution in [1.29, 1.82) is 0 Å². The van der Waals surface area contributed by atoms with Gasteiger partial charge in [0, 0.05) is 17.6 Å². The van der Waals surface area contributed by atoms with Crippen molar-refractivity contribution in [2.45, 2.75) is 52.4 Å². The Hall–Kier alpha value is -4.27. The third kappa shape index (κ3) is 6.24. The Kier molecular flexibility index (Phi) is 7.28. The highest BCUT2D eigenvalue weighted by Crippen LogP contribution is 2.26. The highest BCUT2D eigenvalue weighted by molar-refractivity contribution is 5.88. The number of nitrogens with one attached hydrogen (secondary N) is 1. The van der Waals surface area contributed by atoms with E-state index < -0.39 is 11.6 Å². The topological polar surface area (TPSA) is 106 Å². The van der Waals surface area contributed by atoms with Gasteiger partial charge in [-0.15, -0.1) is 10.2 Å². The fourth-order valence-corrected chi connectivity index (χ4v) is 3.75. The molecule has 9 nitrogen and oxygen atoms in total. The highest BCUT2D eigenvalue weighted by Gasteiger charge is 2.35. The minimum Gasteiger partial charge on any atom is -0.467 e. The number of amides is 2. The number of carbonyl (C=O) groups is 2. The third-order valence-corrected chi connectivity index (χ3v) is 5.43. The van der Waals surface area contributed by atoms with E-state index in [1.807, 2.05) is 82.3 Å². The number of hydrogen-bond donors (Lipinski definition) is 1. The molecule has 0 aliphatic carbocycles. The molecule has 36 heavy (non-hydrogen) atoms. The zero-order valence-corrected chi connectivity index (χ0v) is 20.9. The average molecular weight is 487 g/mol. The molecule has 0 radical (unpaired) electrons. The first-order chi connectivity index (χ1) is 17.2. The van der Waals surface area contributed by atoms with E-state index >= 15 is 0 Å². The van der Waals surface area contributed by atoms with Gasteiger partial charge in [0.25, 0.3) is 5.91 Å². The first kappa shape index (κ1) is 24.8. The van der Waals surface area contributed by atoms with Crippen LogP contribution in [0.5, 0.6) is 0 Å². The Labute approximate surface area is 210 Å². The Morgan fingerprint density at radius 3 is 2.39 bits per heavy atom. The molecule has 2 heterocycles. The standard InChI is InChI=1S/C27H30N6O3/c1-19-12-14-21(15-13-19)25-29-31-33(30-25)18-23(34)32(17-20-9-6-5-7-10-20)24(22-11-8-16-36-22)26(35)28-27(2,3)4/h5-16,24H,17-18H2,1-4H3,(H,28,35). The second-order valence-electron chi connectivity index (χ2n) is 9.67. The zero-order valence-electron chi connectivity index (χ0n) is 20.9. The summed E-state index contributed by atoms with van der Waals surface area (Å²) in [5.74, 6) is 0.101. The molecule has 0 saturated heterocycles. The Bertz CT molecular complexity index is 1290. The van der Waals surface area contributed by atoms with Gasteiger partial charge in [-0.25, -0.2) is 0 Å². The van der Waals surface area contributed by atoms with E-state index in [0.29, 0.717) is 11.6 Å². The molecule has 0 fully saturated rings. The molecule has 4 rings (SSSR count). The first-order valence-electron chi connectivity index (χ1n) is 11.7. The summed E-state index contributed by atoms with van der Waals surface area (Å²) < 4.78 is 5.62. The molecule has 1 atom stereocenters. The van der Waals surface area contributed by atoms with Crippen LogP contribution in [-0.2, 0) is 22.7 Å². The summed E-state index contributed by atoms with van der Waals surface area (Å²) in [6.45, 7) is 7.67. The third-order valence-electron chi connectivity index (χ3n) is 5.43. The lowest BCUT2D eigenvalue weighted by molar-refractivity contribution is -0.143. The van der Waals surface area contributed by atoms with Gasteiger partial charge >= 0.3 is 0 Å². The number of tetrazole rings is 1. The van der Waals surface area contributed by atoms with Gasteiger partial charge in [-0.05, 0) is 50.6 Å². The highest BCUT2D eigenvalue weighted by atomic mass is 16.3. The van der Waals surface area contributed by atoms with E-state index in [4.69, 9.17) is 4.42 Å². The summed E-state index contributed by atoms with van der Waals surface area (Å²) in [5.41, 5.74) is 2.30. The molecule has 2 amide bonds. The van der Waals surface area contributed by atoms with Gasteiger partial charge in [-0.1, -0.05) is 60.2 Å². The maximum Gasteiger partial charge on any atom is 0.251 e. The smallest absolute Gasteiger partial charge is 0.251 e. The summed E-state index contributed by atoms with van der Waals surface area (Å²) in [6.07, 6.45) is 1.49. The van der Waals surface area contributed by atoms with Crippen LogP contribution in [0.25, 0.3) is 11.4 Å². The summed E-state index contributed by atoms with van der Waals surface area (Å²) in [4.78, 5) is 29.9. The Morgan fingerprint density at radius 2 is 1.75 bits per heavy atom. The van der Waals surface area contributed by atoms with Gasteiger partial charge in [0.2, 0.25) is 11.7 Å². The second-order valence-corrected chi connectivity index (χ2v) is 9.67. The van der Waals surface area contributed by atoms with Gasteiger partial charge in [0.15, 0.2) is 6.04 Å². The zero-order chi connectivity index (χ0) is 25.7. The Morgan fingerprint density at radius 1 is 1.03 bits per heavy atom. The van der Waals surface area contributed by atoms with Crippen molar-refractivity contribution < 1.29 is 14.0 Å². The molecule has 0 aliphatic rings. The van der Waals surface area contributed by atoms with E-state index in [0.717, 1.165) is 16.7 Å². The van der Waals surface area contributed by atoms with Crippen molar-refractivity contribution in [2.75, 3.05) is 0 Å². The van der Waals surface area contributed by atoms with Crippen molar-refractivity contribution in [3.8, 4) is 11.4 Å². The lowest BCUT2D eigenvalue weighted by Crippen LogP contribution is -2.49. The van der Waals surface area contributed by atoms with Crippen LogP contribution in [0.15, 0.2) is 77.4 Å². The number of carbonyl (C=O) groups excluding carboxylic acids is 2. The van der Waals surface area contributed by atoms with Gasteiger partial charge in [0.1, 0.15) is 12.3 Å². The van der Waals surface area contributed by atoms with Gasteiger partial charge < -0.3 is 14.6 Å². The van der Waals surface area contributed by atoms with Crippen LogP contribution in [0.3, 0.4) is 0 Å². The molecule has 0 saturated carbocycles. The summed E-state index contributed by atoms with van der Waals surface area (Å²) >= 11 is 0. The van der Waals surface area contributed by atoms with Crippen LogP contribution < -0.4 is 5.32 Å². The maximum absolute atomic E-state index is 13.7. The molecule has 2 aromatic carbocycles. The van der Waals surface area contributed by atoms with E-state index in [1.165, 1.54) is 16.0 Å². The summed E-state index contributed by atoms with van der Waals surface area (Å²) in [7, 11) is 0. The van der Waals surface area contributed by atoms with E-state index in [9.17, 15) is 9.59 Å². The monoisotopic (exact) mass is 486 g/mol. The summed E-state index contributed by atoms with van der Waals surface area (Å²) in [6, 6.07) is 19.7. The van der Waals surface area contributed by atoms with E-state index in [2.05, 4.69) is 20.7 Å². The van der Waals surface area contributed by atoms with Crippen molar-refractivity contribution in [3.63, 3.8) is 0 Å². The number of aromatic nitrogens is 4. The number of nitrogens with zero attached hydrogens (tertiary/aromatic N) is 5. The van der Waals surface area contributed by atoms with Crippen molar-refractivity contribution in [3.05, 3.63) is 89.9 Å². The fraction of sp³-hybridized carbons (Fsp3) is 0.296. The van der Waals surface area contributed by atoms with Crippen molar-refractivity contribution >= 4 is 11.8 Å². The average Bonchev–Trinajstić information content (AvgIpc) is 3.51. The molecule has 0 bridgehead atoms. The first-order valence-corrected chi connectivity index (χ1v) is 11.7. The van der Waals surface area contributed by atoms with Crippen LogP contribution in [0, 0.1) is 6.92 Å². The van der Waals surface area contributed by atoms with Crippen LogP contribution in [0.4, 0.5) is 0 Å². The van der Waals surface area contributed by atoms with E-state index in [1.54, 1.807) is 12.1 Å². The fourth-order valence-electron chi connectivity index (χ4n) is 3.75. The van der Waals surface area contributed by atoms with Gasteiger partial charge in [-0.3, -0.25) is 9.59 Å². The van der Waals surface area contributed by atoms with Crippen LogP contribution in [0.1, 0.15) is 43.7 Å². The maximum atomic E-state index is 13.7.